The first-order valence-corrected chi connectivity index (χ1v) is 8.62. The summed E-state index contributed by atoms with van der Waals surface area (Å²) in [7, 11) is 0. The van der Waals surface area contributed by atoms with Crippen LogP contribution in [0.5, 0.6) is 0 Å². The van der Waals surface area contributed by atoms with Crippen molar-refractivity contribution in [2.75, 3.05) is 0 Å². The highest BCUT2D eigenvalue weighted by Gasteiger charge is 2.43. The Morgan fingerprint density at radius 2 is 2.00 bits per heavy atom. The molecule has 114 valence electrons. The SMILES string of the molecule is CC1CCCC(C(=O)NC(C)C2CC3CCC2C3)C1N. The Hall–Kier alpha value is -0.570. The van der Waals surface area contributed by atoms with E-state index in [1.165, 1.54) is 32.1 Å². The fourth-order valence-electron chi connectivity index (χ4n) is 5.09. The second-order valence-corrected chi connectivity index (χ2v) is 7.73. The maximum absolute atomic E-state index is 12.5. The molecule has 3 N–H and O–H groups in total. The molecule has 3 saturated carbocycles. The average molecular weight is 278 g/mol. The molecule has 3 nitrogen and oxygen atoms in total. The van der Waals surface area contributed by atoms with Gasteiger partial charge >= 0.3 is 0 Å². The molecule has 20 heavy (non-hydrogen) atoms. The zero-order valence-electron chi connectivity index (χ0n) is 13.0. The van der Waals surface area contributed by atoms with E-state index in [1.807, 2.05) is 0 Å². The zero-order valence-corrected chi connectivity index (χ0v) is 13.0. The number of carbonyl (C=O) groups is 1. The van der Waals surface area contributed by atoms with Crippen LogP contribution in [0, 0.1) is 29.6 Å². The van der Waals surface area contributed by atoms with Crippen LogP contribution in [0.1, 0.15) is 58.8 Å². The van der Waals surface area contributed by atoms with Gasteiger partial charge in [-0.3, -0.25) is 4.79 Å². The van der Waals surface area contributed by atoms with Gasteiger partial charge in [0.2, 0.25) is 5.91 Å². The largest absolute Gasteiger partial charge is 0.353 e. The van der Waals surface area contributed by atoms with Crippen LogP contribution in [-0.4, -0.2) is 18.0 Å². The lowest BCUT2D eigenvalue weighted by Gasteiger charge is -2.35. The van der Waals surface area contributed by atoms with Crippen LogP contribution in [0.2, 0.25) is 0 Å². The Kier molecular flexibility index (Phi) is 4.07. The van der Waals surface area contributed by atoms with Crippen LogP contribution in [-0.2, 0) is 4.79 Å². The monoisotopic (exact) mass is 278 g/mol. The van der Waals surface area contributed by atoms with Gasteiger partial charge < -0.3 is 11.1 Å². The van der Waals surface area contributed by atoms with Gasteiger partial charge in [-0.25, -0.2) is 0 Å². The van der Waals surface area contributed by atoms with Gasteiger partial charge in [0.15, 0.2) is 0 Å². The Balaban J connectivity index is 1.55. The molecule has 3 rings (SSSR count). The van der Waals surface area contributed by atoms with E-state index < -0.39 is 0 Å². The zero-order chi connectivity index (χ0) is 14.3. The highest BCUT2D eigenvalue weighted by molar-refractivity contribution is 5.79. The molecular formula is C17H30N2O. The lowest BCUT2D eigenvalue weighted by Crippen LogP contribution is -2.50. The van der Waals surface area contributed by atoms with Gasteiger partial charge in [-0.15, -0.1) is 0 Å². The Labute approximate surface area is 123 Å². The second-order valence-electron chi connectivity index (χ2n) is 7.73. The number of rotatable bonds is 3. The molecule has 7 atom stereocenters. The molecule has 0 aliphatic heterocycles. The van der Waals surface area contributed by atoms with Crippen molar-refractivity contribution in [1.29, 1.82) is 0 Å². The van der Waals surface area contributed by atoms with E-state index in [9.17, 15) is 4.79 Å². The summed E-state index contributed by atoms with van der Waals surface area (Å²) in [6.45, 7) is 4.39. The normalized spacial score (nSPS) is 45.4. The highest BCUT2D eigenvalue weighted by atomic mass is 16.2. The van der Waals surface area contributed by atoms with E-state index in [0.29, 0.717) is 12.0 Å². The Morgan fingerprint density at radius 1 is 1.20 bits per heavy atom. The minimum absolute atomic E-state index is 0.0415. The van der Waals surface area contributed by atoms with Gasteiger partial charge in [0.25, 0.3) is 0 Å². The van der Waals surface area contributed by atoms with E-state index in [-0.39, 0.29) is 17.9 Å². The molecule has 0 aromatic rings. The Morgan fingerprint density at radius 3 is 2.65 bits per heavy atom. The summed E-state index contributed by atoms with van der Waals surface area (Å²) >= 11 is 0. The maximum Gasteiger partial charge on any atom is 0.224 e. The maximum atomic E-state index is 12.5. The van der Waals surface area contributed by atoms with E-state index in [1.54, 1.807) is 0 Å². The number of amides is 1. The lowest BCUT2D eigenvalue weighted by molar-refractivity contribution is -0.128. The van der Waals surface area contributed by atoms with Gasteiger partial charge in [0, 0.05) is 12.1 Å². The third-order valence-corrected chi connectivity index (χ3v) is 6.44. The number of nitrogens with one attached hydrogen (secondary N) is 1. The molecule has 1 amide bonds. The molecular weight excluding hydrogens is 248 g/mol. The molecule has 0 heterocycles. The van der Waals surface area contributed by atoms with Gasteiger partial charge in [-0.2, -0.15) is 0 Å². The van der Waals surface area contributed by atoms with E-state index >= 15 is 0 Å². The van der Waals surface area contributed by atoms with Crippen LogP contribution in [0.25, 0.3) is 0 Å². The quantitative estimate of drug-likeness (QED) is 0.834. The first kappa shape index (κ1) is 14.4. The van der Waals surface area contributed by atoms with Gasteiger partial charge in [0.05, 0.1) is 5.92 Å². The smallest absolute Gasteiger partial charge is 0.224 e. The average Bonchev–Trinajstić information content (AvgIpc) is 3.04. The first-order valence-electron chi connectivity index (χ1n) is 8.62. The van der Waals surface area contributed by atoms with Crippen molar-refractivity contribution < 1.29 is 4.79 Å². The summed E-state index contributed by atoms with van der Waals surface area (Å²) in [4.78, 5) is 12.5. The third kappa shape index (κ3) is 2.61. The molecule has 0 spiro atoms. The molecule has 3 heteroatoms. The predicted molar refractivity (Wildman–Crippen MR) is 81.0 cm³/mol. The molecule has 3 fully saturated rings. The fourth-order valence-corrected chi connectivity index (χ4v) is 5.09. The molecule has 0 radical (unpaired) electrons. The third-order valence-electron chi connectivity index (χ3n) is 6.44. The summed E-state index contributed by atoms with van der Waals surface area (Å²) < 4.78 is 0. The standard InChI is InChI=1S/C17H30N2O/c1-10-4-3-5-14(16(10)18)17(20)19-11(2)15-9-12-6-7-13(15)8-12/h10-16H,3-9,18H2,1-2H3,(H,19,20). The van der Waals surface area contributed by atoms with Crippen molar-refractivity contribution >= 4 is 5.91 Å². The van der Waals surface area contributed by atoms with Gasteiger partial charge in [-0.05, 0) is 62.7 Å². The molecule has 0 aromatic carbocycles. The van der Waals surface area contributed by atoms with Crippen molar-refractivity contribution in [3.8, 4) is 0 Å². The van der Waals surface area contributed by atoms with Crippen molar-refractivity contribution in [3.05, 3.63) is 0 Å². The van der Waals surface area contributed by atoms with Crippen molar-refractivity contribution in [2.24, 2.45) is 35.3 Å². The van der Waals surface area contributed by atoms with Crippen molar-refractivity contribution in [2.45, 2.75) is 70.9 Å². The number of hydrogen-bond donors (Lipinski definition) is 2. The minimum Gasteiger partial charge on any atom is -0.353 e. The second kappa shape index (κ2) is 5.67. The molecule has 3 aliphatic rings. The molecule has 2 bridgehead atoms. The number of carbonyl (C=O) groups excluding carboxylic acids is 1. The number of nitrogens with two attached hydrogens (primary N) is 1. The van der Waals surface area contributed by atoms with Crippen molar-refractivity contribution in [1.82, 2.24) is 5.32 Å². The first-order chi connectivity index (χ1) is 9.56. The molecule has 0 aromatic heterocycles. The summed E-state index contributed by atoms with van der Waals surface area (Å²) in [5.41, 5.74) is 6.25. The van der Waals surface area contributed by atoms with Crippen LogP contribution in [0.15, 0.2) is 0 Å². The van der Waals surface area contributed by atoms with Gasteiger partial charge in [-0.1, -0.05) is 19.8 Å². The summed E-state index contributed by atoms with van der Waals surface area (Å²) in [5, 5.41) is 3.31. The summed E-state index contributed by atoms with van der Waals surface area (Å²) in [5.74, 6) is 3.28. The molecule has 3 aliphatic carbocycles. The molecule has 7 unspecified atom stereocenters. The highest BCUT2D eigenvalue weighted by Crippen LogP contribution is 2.49. The van der Waals surface area contributed by atoms with Crippen LogP contribution < -0.4 is 11.1 Å². The Bertz CT molecular complexity index is 370. The minimum atomic E-state index is 0.0415. The van der Waals surface area contributed by atoms with Crippen LogP contribution in [0.3, 0.4) is 0 Å². The number of hydrogen-bond acceptors (Lipinski definition) is 2. The molecule has 0 saturated heterocycles. The van der Waals surface area contributed by atoms with Gasteiger partial charge in [0.1, 0.15) is 0 Å². The van der Waals surface area contributed by atoms with E-state index in [2.05, 4.69) is 19.2 Å². The number of fused-ring (bicyclic) bond motifs is 2. The van der Waals surface area contributed by atoms with Crippen LogP contribution >= 0.6 is 0 Å². The van der Waals surface area contributed by atoms with E-state index in [0.717, 1.165) is 30.6 Å². The summed E-state index contributed by atoms with van der Waals surface area (Å²) in [6, 6.07) is 0.387. The lowest BCUT2D eigenvalue weighted by atomic mass is 9.77. The van der Waals surface area contributed by atoms with Crippen molar-refractivity contribution in [3.63, 3.8) is 0 Å². The topological polar surface area (TPSA) is 55.1 Å². The van der Waals surface area contributed by atoms with Crippen LogP contribution in [0.4, 0.5) is 0 Å². The van der Waals surface area contributed by atoms with E-state index in [4.69, 9.17) is 5.73 Å². The summed E-state index contributed by atoms with van der Waals surface area (Å²) in [6.07, 6.45) is 8.84. The fraction of sp³-hybridized carbons (Fsp3) is 0.941. The predicted octanol–water partition coefficient (Wildman–Crippen LogP) is 2.69.